The minimum atomic E-state index is -0.870. The third kappa shape index (κ3) is 5.68. The van der Waals surface area contributed by atoms with Crippen LogP contribution in [0.5, 0.6) is 0 Å². The number of hydrogen-bond acceptors (Lipinski definition) is 6. The smallest absolute Gasteiger partial charge is 0.329 e. The van der Waals surface area contributed by atoms with Crippen LogP contribution in [0, 0.1) is 10.1 Å². The van der Waals surface area contributed by atoms with E-state index in [2.05, 4.69) is 9.97 Å². The molecule has 0 aliphatic rings. The SMILES string of the molecule is O=C(O)CCCCN(Cc1ccccc1)c1nc(Cl)ncc1[N+](=O)[O-]. The summed E-state index contributed by atoms with van der Waals surface area (Å²) in [5.74, 6) is -0.741. The molecule has 0 saturated heterocycles. The van der Waals surface area contributed by atoms with E-state index in [1.165, 1.54) is 0 Å². The summed E-state index contributed by atoms with van der Waals surface area (Å²) in [5.41, 5.74) is 0.711. The average molecular weight is 365 g/mol. The maximum Gasteiger partial charge on any atom is 0.329 e. The van der Waals surface area contributed by atoms with Gasteiger partial charge in [0, 0.05) is 19.5 Å². The van der Waals surface area contributed by atoms with Gasteiger partial charge in [-0.25, -0.2) is 4.98 Å². The zero-order chi connectivity index (χ0) is 18.2. The second-order valence-corrected chi connectivity index (χ2v) is 5.70. The lowest BCUT2D eigenvalue weighted by molar-refractivity contribution is -0.384. The number of nitro groups is 1. The van der Waals surface area contributed by atoms with Crippen LogP contribution in [0.4, 0.5) is 11.5 Å². The summed E-state index contributed by atoms with van der Waals surface area (Å²) < 4.78 is 0. The van der Waals surface area contributed by atoms with Crippen LogP contribution >= 0.6 is 11.6 Å². The van der Waals surface area contributed by atoms with Gasteiger partial charge in [-0.05, 0) is 30.0 Å². The van der Waals surface area contributed by atoms with Crippen LogP contribution in [-0.2, 0) is 11.3 Å². The highest BCUT2D eigenvalue weighted by Gasteiger charge is 2.23. The Morgan fingerprint density at radius 1 is 1.28 bits per heavy atom. The number of benzene rings is 1. The first-order chi connectivity index (χ1) is 12.0. The van der Waals surface area contributed by atoms with Crippen molar-refractivity contribution in [2.75, 3.05) is 11.4 Å². The molecule has 0 aliphatic heterocycles. The van der Waals surface area contributed by atoms with Crippen LogP contribution < -0.4 is 4.90 Å². The summed E-state index contributed by atoms with van der Waals surface area (Å²) in [6.07, 6.45) is 2.15. The van der Waals surface area contributed by atoms with Crippen LogP contribution in [0.1, 0.15) is 24.8 Å². The molecule has 1 N–H and O–H groups in total. The Morgan fingerprint density at radius 2 is 2.00 bits per heavy atom. The van der Waals surface area contributed by atoms with Crippen LogP contribution in [0.15, 0.2) is 36.5 Å². The molecule has 9 heteroatoms. The maximum atomic E-state index is 11.3. The van der Waals surface area contributed by atoms with E-state index in [-0.39, 0.29) is 23.2 Å². The third-order valence-electron chi connectivity index (χ3n) is 3.50. The van der Waals surface area contributed by atoms with Gasteiger partial charge in [-0.1, -0.05) is 30.3 Å². The van der Waals surface area contributed by atoms with Gasteiger partial charge >= 0.3 is 11.7 Å². The van der Waals surface area contributed by atoms with E-state index in [1.54, 1.807) is 4.90 Å². The van der Waals surface area contributed by atoms with Crippen LogP contribution in [-0.4, -0.2) is 32.5 Å². The number of aromatic nitrogens is 2. The fourth-order valence-electron chi connectivity index (χ4n) is 2.35. The standard InChI is InChI=1S/C16H17ClN4O4/c17-16-18-10-13(21(24)25)15(19-16)20(9-5-4-8-14(22)23)11-12-6-2-1-3-7-12/h1-3,6-7,10H,4-5,8-9,11H2,(H,22,23). The number of nitrogens with zero attached hydrogens (tertiary/aromatic N) is 4. The molecule has 0 atom stereocenters. The predicted molar refractivity (Wildman–Crippen MR) is 92.7 cm³/mol. The normalized spacial score (nSPS) is 10.4. The Balaban J connectivity index is 2.25. The van der Waals surface area contributed by atoms with Crippen molar-refractivity contribution in [3.05, 3.63) is 57.5 Å². The van der Waals surface area contributed by atoms with Crippen LogP contribution in [0.2, 0.25) is 5.28 Å². The molecule has 2 rings (SSSR count). The lowest BCUT2D eigenvalue weighted by atomic mass is 10.2. The van der Waals surface area contributed by atoms with Crippen molar-refractivity contribution in [1.29, 1.82) is 0 Å². The number of carboxylic acids is 1. The van der Waals surface area contributed by atoms with Crippen LogP contribution in [0.3, 0.4) is 0 Å². The van der Waals surface area contributed by atoms with Gasteiger partial charge in [-0.3, -0.25) is 14.9 Å². The van der Waals surface area contributed by atoms with E-state index in [0.29, 0.717) is 25.9 Å². The molecule has 25 heavy (non-hydrogen) atoms. The molecule has 1 aromatic heterocycles. The van der Waals surface area contributed by atoms with Gasteiger partial charge in [-0.2, -0.15) is 4.98 Å². The number of hydrogen-bond donors (Lipinski definition) is 1. The van der Waals surface area contributed by atoms with Crippen molar-refractivity contribution in [2.24, 2.45) is 0 Å². The minimum absolute atomic E-state index is 0.0474. The summed E-state index contributed by atoms with van der Waals surface area (Å²) >= 11 is 5.82. The van der Waals surface area contributed by atoms with Crippen molar-refractivity contribution in [3.8, 4) is 0 Å². The van der Waals surface area contributed by atoms with Gasteiger partial charge < -0.3 is 10.0 Å². The highest BCUT2D eigenvalue weighted by atomic mass is 35.5. The molecule has 0 amide bonds. The second-order valence-electron chi connectivity index (χ2n) is 5.36. The number of aliphatic carboxylic acids is 1. The molecule has 1 aromatic carbocycles. The van der Waals surface area contributed by atoms with Gasteiger partial charge in [0.05, 0.1) is 4.92 Å². The van der Waals surface area contributed by atoms with Gasteiger partial charge in [0.2, 0.25) is 11.1 Å². The summed E-state index contributed by atoms with van der Waals surface area (Å²) in [5, 5.41) is 20.0. The number of carbonyl (C=O) groups is 1. The topological polar surface area (TPSA) is 109 Å². The number of rotatable bonds is 9. The lowest BCUT2D eigenvalue weighted by Crippen LogP contribution is -2.26. The van der Waals surface area contributed by atoms with Crippen molar-refractivity contribution < 1.29 is 14.8 Å². The molecule has 0 fully saturated rings. The number of unbranched alkanes of at least 4 members (excludes halogenated alkanes) is 1. The van der Waals surface area contributed by atoms with Gasteiger partial charge in [0.1, 0.15) is 6.20 Å². The third-order valence-corrected chi connectivity index (χ3v) is 3.68. The van der Waals surface area contributed by atoms with Crippen molar-refractivity contribution in [3.63, 3.8) is 0 Å². The fraction of sp³-hybridized carbons (Fsp3) is 0.312. The Kier molecular flexibility index (Phi) is 6.64. The minimum Gasteiger partial charge on any atom is -0.481 e. The summed E-state index contributed by atoms with van der Waals surface area (Å²) in [7, 11) is 0. The molecular weight excluding hydrogens is 348 g/mol. The first kappa shape index (κ1) is 18.6. The van der Waals surface area contributed by atoms with E-state index in [1.807, 2.05) is 30.3 Å². The summed E-state index contributed by atoms with van der Waals surface area (Å²) in [4.78, 5) is 30.8. The van der Waals surface area contributed by atoms with Gasteiger partial charge in [0.15, 0.2) is 0 Å². The van der Waals surface area contributed by atoms with E-state index in [0.717, 1.165) is 11.8 Å². The number of carboxylic acid groups (broad SMARTS) is 1. The zero-order valence-corrected chi connectivity index (χ0v) is 14.1. The Hall–Kier alpha value is -2.74. The molecule has 132 valence electrons. The van der Waals surface area contributed by atoms with Crippen molar-refractivity contribution in [2.45, 2.75) is 25.8 Å². The van der Waals surface area contributed by atoms with Gasteiger partial charge in [-0.15, -0.1) is 0 Å². The molecule has 0 radical (unpaired) electrons. The Bertz CT molecular complexity index is 742. The molecule has 0 bridgehead atoms. The summed E-state index contributed by atoms with van der Waals surface area (Å²) in [6.45, 7) is 0.804. The molecule has 8 nitrogen and oxygen atoms in total. The predicted octanol–water partition coefficient (Wildman–Crippen LogP) is 3.30. The zero-order valence-electron chi connectivity index (χ0n) is 13.3. The number of halogens is 1. The Labute approximate surface area is 149 Å². The van der Waals surface area contributed by atoms with Crippen molar-refractivity contribution in [1.82, 2.24) is 9.97 Å². The molecule has 2 aromatic rings. The molecule has 0 aliphatic carbocycles. The molecule has 0 spiro atoms. The van der Waals surface area contributed by atoms with Crippen LogP contribution in [0.25, 0.3) is 0 Å². The van der Waals surface area contributed by atoms with Crippen molar-refractivity contribution >= 4 is 29.1 Å². The fourth-order valence-corrected chi connectivity index (χ4v) is 2.48. The highest BCUT2D eigenvalue weighted by Crippen LogP contribution is 2.28. The van der Waals surface area contributed by atoms with E-state index in [9.17, 15) is 14.9 Å². The first-order valence-electron chi connectivity index (χ1n) is 7.65. The molecule has 0 unspecified atom stereocenters. The second kappa shape index (κ2) is 8.93. The summed E-state index contributed by atoms with van der Waals surface area (Å²) in [6, 6.07) is 9.43. The quantitative estimate of drug-likeness (QED) is 0.314. The van der Waals surface area contributed by atoms with Gasteiger partial charge in [0.25, 0.3) is 0 Å². The first-order valence-corrected chi connectivity index (χ1v) is 8.02. The lowest BCUT2D eigenvalue weighted by Gasteiger charge is -2.23. The average Bonchev–Trinajstić information content (AvgIpc) is 2.58. The highest BCUT2D eigenvalue weighted by molar-refractivity contribution is 6.28. The monoisotopic (exact) mass is 364 g/mol. The van der Waals surface area contributed by atoms with E-state index < -0.39 is 10.9 Å². The Morgan fingerprint density at radius 3 is 2.64 bits per heavy atom. The molecule has 0 saturated carbocycles. The largest absolute Gasteiger partial charge is 0.481 e. The van der Waals surface area contributed by atoms with E-state index >= 15 is 0 Å². The van der Waals surface area contributed by atoms with E-state index in [4.69, 9.17) is 16.7 Å². The molecule has 1 heterocycles. The number of anilines is 1. The molecular formula is C16H17ClN4O4. The maximum absolute atomic E-state index is 11.3.